The minimum atomic E-state index is -0.999. The van der Waals surface area contributed by atoms with Crippen LogP contribution in [0.5, 0.6) is 0 Å². The van der Waals surface area contributed by atoms with Gasteiger partial charge in [-0.05, 0) is 37.0 Å². The lowest BCUT2D eigenvalue weighted by Gasteiger charge is -2.19. The van der Waals surface area contributed by atoms with Gasteiger partial charge in [-0.1, -0.05) is 32.9 Å². The van der Waals surface area contributed by atoms with Crippen molar-refractivity contribution < 1.29 is 14.7 Å². The van der Waals surface area contributed by atoms with E-state index in [0.717, 1.165) is 10.9 Å². The number of rotatable bonds is 4. The molecule has 0 fully saturated rings. The Morgan fingerprint density at radius 3 is 2.35 bits per heavy atom. The molecule has 0 atom stereocenters. The Hall–Kier alpha value is -2.30. The van der Waals surface area contributed by atoms with Gasteiger partial charge in [0.05, 0.1) is 5.41 Å². The Balaban J connectivity index is 2.20. The lowest BCUT2D eigenvalue weighted by molar-refractivity contribution is -0.146. The van der Waals surface area contributed by atoms with Gasteiger partial charge < -0.3 is 15.4 Å². The molecule has 1 aromatic carbocycles. The van der Waals surface area contributed by atoms with Crippen LogP contribution >= 0.6 is 0 Å². The molecular weight excluding hydrogens is 292 g/mol. The Morgan fingerprint density at radius 2 is 1.78 bits per heavy atom. The smallest absolute Gasteiger partial charge is 0.310 e. The number of H-pyrrole nitrogens is 1. The zero-order chi connectivity index (χ0) is 17.4. The van der Waals surface area contributed by atoms with E-state index < -0.39 is 11.4 Å². The zero-order valence-corrected chi connectivity index (χ0v) is 14.3. The molecule has 0 aliphatic rings. The highest BCUT2D eigenvalue weighted by Gasteiger charge is 2.28. The number of hydrogen-bond acceptors (Lipinski definition) is 2. The fraction of sp³-hybridized carbons (Fsp3) is 0.444. The standard InChI is InChI=1S/C18H24N2O3/c1-17(2,3)12-7-6-11-8-14(20-13(11)9-12)15(21)19-10-18(4,5)16(22)23/h6-9,20H,10H2,1-5H3,(H,19,21)(H,22,23). The normalized spacial score (nSPS) is 12.4. The molecule has 0 unspecified atom stereocenters. The number of amides is 1. The third-order valence-electron chi connectivity index (χ3n) is 4.00. The van der Waals surface area contributed by atoms with Crippen molar-refractivity contribution >= 4 is 22.8 Å². The number of carbonyl (C=O) groups is 2. The summed E-state index contributed by atoms with van der Waals surface area (Å²) < 4.78 is 0. The minimum absolute atomic E-state index is 0.0350. The van der Waals surface area contributed by atoms with E-state index in [-0.39, 0.29) is 17.9 Å². The third kappa shape index (κ3) is 3.73. The molecule has 0 aliphatic carbocycles. The Bertz CT molecular complexity index is 751. The first-order valence-corrected chi connectivity index (χ1v) is 7.65. The van der Waals surface area contributed by atoms with Gasteiger partial charge in [-0.3, -0.25) is 9.59 Å². The van der Waals surface area contributed by atoms with Crippen LogP contribution in [0.1, 0.15) is 50.7 Å². The highest BCUT2D eigenvalue weighted by atomic mass is 16.4. The monoisotopic (exact) mass is 316 g/mol. The van der Waals surface area contributed by atoms with E-state index in [1.54, 1.807) is 19.9 Å². The van der Waals surface area contributed by atoms with Gasteiger partial charge in [-0.15, -0.1) is 0 Å². The van der Waals surface area contributed by atoms with Crippen LogP contribution in [0.2, 0.25) is 0 Å². The molecule has 0 spiro atoms. The predicted molar refractivity (Wildman–Crippen MR) is 90.7 cm³/mol. The molecule has 1 aromatic heterocycles. The number of carboxylic acids is 1. The van der Waals surface area contributed by atoms with Crippen molar-refractivity contribution in [2.45, 2.75) is 40.0 Å². The number of carboxylic acid groups (broad SMARTS) is 1. The summed E-state index contributed by atoms with van der Waals surface area (Å²) in [5.41, 5.74) is 1.56. The minimum Gasteiger partial charge on any atom is -0.481 e. The van der Waals surface area contributed by atoms with Crippen molar-refractivity contribution in [2.24, 2.45) is 5.41 Å². The molecule has 3 N–H and O–H groups in total. The number of hydrogen-bond donors (Lipinski definition) is 3. The highest BCUT2D eigenvalue weighted by molar-refractivity contribution is 5.98. The number of aromatic nitrogens is 1. The summed E-state index contributed by atoms with van der Waals surface area (Å²) in [4.78, 5) is 26.4. The largest absolute Gasteiger partial charge is 0.481 e. The third-order valence-corrected chi connectivity index (χ3v) is 4.00. The van der Waals surface area contributed by atoms with E-state index in [4.69, 9.17) is 5.11 Å². The molecule has 2 rings (SSSR count). The van der Waals surface area contributed by atoms with Crippen LogP contribution in [0.4, 0.5) is 0 Å². The molecule has 0 bridgehead atoms. The molecule has 2 aromatic rings. The number of aliphatic carboxylic acids is 1. The topological polar surface area (TPSA) is 82.2 Å². The lowest BCUT2D eigenvalue weighted by Crippen LogP contribution is -2.39. The van der Waals surface area contributed by atoms with Crippen molar-refractivity contribution in [1.29, 1.82) is 0 Å². The quantitative estimate of drug-likeness (QED) is 0.809. The molecule has 5 nitrogen and oxygen atoms in total. The van der Waals surface area contributed by atoms with Crippen LogP contribution in [-0.4, -0.2) is 28.5 Å². The maximum atomic E-state index is 12.2. The molecule has 0 saturated carbocycles. The van der Waals surface area contributed by atoms with Crippen molar-refractivity contribution in [3.63, 3.8) is 0 Å². The maximum absolute atomic E-state index is 12.2. The van der Waals surface area contributed by atoms with E-state index >= 15 is 0 Å². The zero-order valence-electron chi connectivity index (χ0n) is 14.3. The molecule has 0 radical (unpaired) electrons. The van der Waals surface area contributed by atoms with E-state index in [1.165, 1.54) is 5.56 Å². The Labute approximate surface area is 136 Å². The first kappa shape index (κ1) is 17.1. The number of benzene rings is 1. The van der Waals surface area contributed by atoms with E-state index in [1.807, 2.05) is 12.1 Å². The fourth-order valence-corrected chi connectivity index (χ4v) is 2.19. The van der Waals surface area contributed by atoms with E-state index in [9.17, 15) is 9.59 Å². The van der Waals surface area contributed by atoms with Gasteiger partial charge in [0.2, 0.25) is 0 Å². The summed E-state index contributed by atoms with van der Waals surface area (Å²) >= 11 is 0. The van der Waals surface area contributed by atoms with Gasteiger partial charge >= 0.3 is 5.97 Å². The van der Waals surface area contributed by atoms with Crippen molar-refractivity contribution in [3.8, 4) is 0 Å². The van der Waals surface area contributed by atoms with Gasteiger partial charge in [0.25, 0.3) is 5.91 Å². The van der Waals surface area contributed by atoms with Crippen LogP contribution in [0, 0.1) is 5.41 Å². The molecule has 1 amide bonds. The average Bonchev–Trinajstić information content (AvgIpc) is 2.86. The summed E-state index contributed by atoms with van der Waals surface area (Å²) in [6.07, 6.45) is 0. The number of carbonyl (C=O) groups excluding carboxylic acids is 1. The lowest BCUT2D eigenvalue weighted by atomic mass is 9.87. The van der Waals surface area contributed by atoms with Crippen LogP contribution in [0.15, 0.2) is 24.3 Å². The van der Waals surface area contributed by atoms with Crippen molar-refractivity contribution in [3.05, 3.63) is 35.5 Å². The van der Waals surface area contributed by atoms with E-state index in [0.29, 0.717) is 5.69 Å². The number of aromatic amines is 1. The average molecular weight is 316 g/mol. The molecule has 0 saturated heterocycles. The first-order valence-electron chi connectivity index (χ1n) is 7.65. The van der Waals surface area contributed by atoms with Crippen LogP contribution in [0.25, 0.3) is 10.9 Å². The fourth-order valence-electron chi connectivity index (χ4n) is 2.19. The molecule has 0 aliphatic heterocycles. The molecule has 124 valence electrons. The van der Waals surface area contributed by atoms with Crippen LogP contribution < -0.4 is 5.32 Å². The summed E-state index contributed by atoms with van der Waals surface area (Å²) in [5.74, 6) is -1.24. The Kier molecular flexibility index (Phi) is 4.24. The first-order chi connectivity index (χ1) is 10.5. The summed E-state index contributed by atoms with van der Waals surface area (Å²) in [6.45, 7) is 9.65. The second-order valence-electron chi connectivity index (χ2n) is 7.61. The van der Waals surface area contributed by atoms with Gasteiger partial charge in [0, 0.05) is 17.4 Å². The molecular formula is C18H24N2O3. The second kappa shape index (κ2) is 5.72. The maximum Gasteiger partial charge on any atom is 0.310 e. The predicted octanol–water partition coefficient (Wildman–Crippen LogP) is 3.31. The van der Waals surface area contributed by atoms with E-state index in [2.05, 4.69) is 37.1 Å². The van der Waals surface area contributed by atoms with Gasteiger partial charge in [-0.2, -0.15) is 0 Å². The SMILES string of the molecule is CC(C)(CNC(=O)c1cc2ccc(C(C)(C)C)cc2[nH]1)C(=O)O. The van der Waals surface area contributed by atoms with Gasteiger partial charge in [0.1, 0.15) is 5.69 Å². The number of nitrogens with one attached hydrogen (secondary N) is 2. The summed E-state index contributed by atoms with van der Waals surface area (Å²) in [6, 6.07) is 7.88. The summed E-state index contributed by atoms with van der Waals surface area (Å²) in [7, 11) is 0. The number of fused-ring (bicyclic) bond motifs is 1. The van der Waals surface area contributed by atoms with Gasteiger partial charge in [-0.25, -0.2) is 0 Å². The van der Waals surface area contributed by atoms with Gasteiger partial charge in [0.15, 0.2) is 0 Å². The molecule has 5 heteroatoms. The van der Waals surface area contributed by atoms with Crippen LogP contribution in [-0.2, 0) is 10.2 Å². The molecule has 1 heterocycles. The second-order valence-corrected chi connectivity index (χ2v) is 7.61. The highest BCUT2D eigenvalue weighted by Crippen LogP contribution is 2.26. The van der Waals surface area contributed by atoms with Crippen molar-refractivity contribution in [2.75, 3.05) is 6.54 Å². The van der Waals surface area contributed by atoms with Crippen LogP contribution in [0.3, 0.4) is 0 Å². The van der Waals surface area contributed by atoms with Crippen molar-refractivity contribution in [1.82, 2.24) is 10.3 Å². The molecule has 23 heavy (non-hydrogen) atoms. The Morgan fingerprint density at radius 1 is 1.13 bits per heavy atom. The summed E-state index contributed by atoms with van der Waals surface area (Å²) in [5, 5.41) is 12.7.